The molecule has 0 bridgehead atoms. The Labute approximate surface area is 131 Å². The summed E-state index contributed by atoms with van der Waals surface area (Å²) in [6.07, 6.45) is 0. The number of nitrogens with zero attached hydrogens (tertiary/aromatic N) is 2. The van der Waals surface area contributed by atoms with Gasteiger partial charge in [0.1, 0.15) is 23.1 Å². The maximum atomic E-state index is 13.6. The van der Waals surface area contributed by atoms with Gasteiger partial charge in [0.25, 0.3) is 5.91 Å². The van der Waals surface area contributed by atoms with E-state index in [2.05, 4.69) is 10.3 Å². The second-order valence-corrected chi connectivity index (χ2v) is 5.06. The van der Waals surface area contributed by atoms with Crippen molar-refractivity contribution in [2.45, 2.75) is 0 Å². The van der Waals surface area contributed by atoms with Crippen LogP contribution in [0.1, 0.15) is 10.5 Å². The van der Waals surface area contributed by atoms with E-state index in [0.717, 1.165) is 6.07 Å². The van der Waals surface area contributed by atoms with E-state index in [1.165, 1.54) is 6.07 Å². The smallest absolute Gasteiger partial charge is 0.274 e. The van der Waals surface area contributed by atoms with Crippen molar-refractivity contribution in [1.82, 2.24) is 4.98 Å². The molecule has 1 fully saturated rings. The highest BCUT2D eigenvalue weighted by Crippen LogP contribution is 2.17. The van der Waals surface area contributed by atoms with Crippen LogP contribution in [-0.2, 0) is 4.74 Å². The molecule has 2 aromatic rings. The number of amides is 1. The van der Waals surface area contributed by atoms with Crippen LogP contribution >= 0.6 is 0 Å². The highest BCUT2D eigenvalue weighted by Gasteiger charge is 2.16. The number of morpholine rings is 1. The summed E-state index contributed by atoms with van der Waals surface area (Å²) in [4.78, 5) is 18.5. The zero-order chi connectivity index (χ0) is 16.2. The molecule has 3 rings (SSSR count). The molecule has 0 aliphatic carbocycles. The molecule has 5 nitrogen and oxygen atoms in total. The van der Waals surface area contributed by atoms with Crippen LogP contribution < -0.4 is 10.2 Å². The molecular formula is C16H15F2N3O2. The van der Waals surface area contributed by atoms with Gasteiger partial charge in [-0.1, -0.05) is 6.07 Å². The van der Waals surface area contributed by atoms with Crippen LogP contribution in [-0.4, -0.2) is 37.2 Å². The van der Waals surface area contributed by atoms with Gasteiger partial charge < -0.3 is 15.0 Å². The zero-order valence-corrected chi connectivity index (χ0v) is 12.3. The van der Waals surface area contributed by atoms with Crippen molar-refractivity contribution in [2.75, 3.05) is 36.5 Å². The summed E-state index contributed by atoms with van der Waals surface area (Å²) in [5.41, 5.74) is 0.0766. The number of benzene rings is 1. The summed E-state index contributed by atoms with van der Waals surface area (Å²) in [7, 11) is 0. The molecule has 0 unspecified atom stereocenters. The molecule has 7 heteroatoms. The highest BCUT2D eigenvalue weighted by atomic mass is 19.1. The van der Waals surface area contributed by atoms with E-state index in [-0.39, 0.29) is 11.4 Å². The zero-order valence-electron chi connectivity index (χ0n) is 12.3. The van der Waals surface area contributed by atoms with Crippen molar-refractivity contribution in [3.05, 3.63) is 53.7 Å². The number of carbonyl (C=O) groups is 1. The maximum absolute atomic E-state index is 13.6. The Morgan fingerprint density at radius 1 is 1.17 bits per heavy atom. The number of rotatable bonds is 3. The summed E-state index contributed by atoms with van der Waals surface area (Å²) in [5, 5.41) is 2.40. The van der Waals surface area contributed by atoms with Crippen LogP contribution in [0, 0.1) is 11.6 Å². The van der Waals surface area contributed by atoms with Gasteiger partial charge in [0.05, 0.1) is 18.9 Å². The lowest BCUT2D eigenvalue weighted by Crippen LogP contribution is -2.37. The van der Waals surface area contributed by atoms with E-state index in [1.807, 2.05) is 4.90 Å². The van der Waals surface area contributed by atoms with Crippen LogP contribution in [0.4, 0.5) is 20.3 Å². The van der Waals surface area contributed by atoms with E-state index in [4.69, 9.17) is 4.74 Å². The fourth-order valence-electron chi connectivity index (χ4n) is 2.30. The van der Waals surface area contributed by atoms with Gasteiger partial charge in [0, 0.05) is 19.2 Å². The third-order valence-corrected chi connectivity index (χ3v) is 3.48. The summed E-state index contributed by atoms with van der Waals surface area (Å²) < 4.78 is 31.8. The minimum absolute atomic E-state index is 0.0880. The van der Waals surface area contributed by atoms with E-state index < -0.39 is 17.5 Å². The van der Waals surface area contributed by atoms with Crippen LogP contribution in [0.2, 0.25) is 0 Å². The average molecular weight is 319 g/mol. The molecule has 1 aliphatic rings. The van der Waals surface area contributed by atoms with E-state index in [1.54, 1.807) is 18.2 Å². The van der Waals surface area contributed by atoms with Crippen LogP contribution in [0.25, 0.3) is 0 Å². The second-order valence-electron chi connectivity index (χ2n) is 5.06. The topological polar surface area (TPSA) is 54.5 Å². The van der Waals surface area contributed by atoms with Crippen LogP contribution in [0.3, 0.4) is 0 Å². The minimum Gasteiger partial charge on any atom is -0.378 e. The molecule has 1 aromatic carbocycles. The molecule has 0 spiro atoms. The SMILES string of the molecule is O=C(Nc1ccc(F)cc1F)c1cccc(N2CCOCC2)n1. The number of nitrogens with one attached hydrogen (secondary N) is 1. The van der Waals surface area contributed by atoms with Crippen molar-refractivity contribution in [3.63, 3.8) is 0 Å². The maximum Gasteiger partial charge on any atom is 0.274 e. The first-order valence-corrected chi connectivity index (χ1v) is 7.19. The van der Waals surface area contributed by atoms with Crippen LogP contribution in [0.15, 0.2) is 36.4 Å². The first kappa shape index (κ1) is 15.4. The molecule has 0 radical (unpaired) electrons. The summed E-state index contributed by atoms with van der Waals surface area (Å²) >= 11 is 0. The first-order valence-electron chi connectivity index (χ1n) is 7.19. The number of pyridine rings is 1. The molecule has 2 heterocycles. The third-order valence-electron chi connectivity index (χ3n) is 3.48. The van der Waals surface area contributed by atoms with Gasteiger partial charge in [-0.2, -0.15) is 0 Å². The molecule has 0 saturated carbocycles. The quantitative estimate of drug-likeness (QED) is 0.944. The summed E-state index contributed by atoms with van der Waals surface area (Å²) in [5.74, 6) is -1.42. The average Bonchev–Trinajstić information content (AvgIpc) is 2.58. The lowest BCUT2D eigenvalue weighted by molar-refractivity contribution is 0.102. The fourth-order valence-corrected chi connectivity index (χ4v) is 2.30. The standard InChI is InChI=1S/C16H15F2N3O2/c17-11-4-5-13(12(18)10-11)20-16(22)14-2-1-3-15(19-14)21-6-8-23-9-7-21/h1-5,10H,6-9H2,(H,20,22). The van der Waals surface area contributed by atoms with Crippen molar-refractivity contribution < 1.29 is 18.3 Å². The predicted molar refractivity (Wildman–Crippen MR) is 81.6 cm³/mol. The molecule has 1 saturated heterocycles. The lowest BCUT2D eigenvalue weighted by atomic mass is 10.2. The monoisotopic (exact) mass is 319 g/mol. The molecule has 1 aliphatic heterocycles. The molecule has 0 atom stereocenters. The van der Waals surface area contributed by atoms with Gasteiger partial charge in [-0.25, -0.2) is 13.8 Å². The number of halogens is 2. The number of aromatic nitrogens is 1. The molecule has 1 amide bonds. The Bertz CT molecular complexity index is 718. The Kier molecular flexibility index (Phi) is 4.47. The number of anilines is 2. The minimum atomic E-state index is -0.831. The largest absolute Gasteiger partial charge is 0.378 e. The number of hydrogen-bond donors (Lipinski definition) is 1. The molecule has 23 heavy (non-hydrogen) atoms. The van der Waals surface area contributed by atoms with Crippen molar-refractivity contribution in [3.8, 4) is 0 Å². The van der Waals surface area contributed by atoms with E-state index in [0.29, 0.717) is 38.2 Å². The molecular weight excluding hydrogens is 304 g/mol. The van der Waals surface area contributed by atoms with Crippen molar-refractivity contribution in [2.24, 2.45) is 0 Å². The van der Waals surface area contributed by atoms with Gasteiger partial charge in [-0.15, -0.1) is 0 Å². The number of hydrogen-bond acceptors (Lipinski definition) is 4. The molecule has 1 N–H and O–H groups in total. The van der Waals surface area contributed by atoms with E-state index >= 15 is 0 Å². The number of ether oxygens (including phenoxy) is 1. The Hall–Kier alpha value is -2.54. The van der Waals surface area contributed by atoms with Gasteiger partial charge >= 0.3 is 0 Å². The Balaban J connectivity index is 1.76. The van der Waals surface area contributed by atoms with Crippen molar-refractivity contribution in [1.29, 1.82) is 0 Å². The lowest BCUT2D eigenvalue weighted by Gasteiger charge is -2.27. The molecule has 1 aromatic heterocycles. The Morgan fingerprint density at radius 2 is 1.96 bits per heavy atom. The van der Waals surface area contributed by atoms with E-state index in [9.17, 15) is 13.6 Å². The predicted octanol–water partition coefficient (Wildman–Crippen LogP) is 2.45. The van der Waals surface area contributed by atoms with Crippen molar-refractivity contribution >= 4 is 17.4 Å². The summed E-state index contributed by atoms with van der Waals surface area (Å²) in [6.45, 7) is 2.62. The number of carbonyl (C=O) groups excluding carboxylic acids is 1. The third kappa shape index (κ3) is 3.62. The molecule has 120 valence electrons. The first-order chi connectivity index (χ1) is 11.1. The van der Waals surface area contributed by atoms with Crippen LogP contribution in [0.5, 0.6) is 0 Å². The normalized spacial score (nSPS) is 14.6. The highest BCUT2D eigenvalue weighted by molar-refractivity contribution is 6.03. The van der Waals surface area contributed by atoms with Gasteiger partial charge in [-0.05, 0) is 24.3 Å². The van der Waals surface area contributed by atoms with Gasteiger partial charge in [-0.3, -0.25) is 4.79 Å². The second kappa shape index (κ2) is 6.70. The summed E-state index contributed by atoms with van der Waals surface area (Å²) in [6, 6.07) is 8.03. The van der Waals surface area contributed by atoms with Gasteiger partial charge in [0.2, 0.25) is 0 Å². The fraction of sp³-hybridized carbons (Fsp3) is 0.250. The van der Waals surface area contributed by atoms with Gasteiger partial charge in [0.15, 0.2) is 0 Å². The Morgan fingerprint density at radius 3 is 2.70 bits per heavy atom.